The van der Waals surface area contributed by atoms with Crippen molar-refractivity contribution in [1.29, 1.82) is 0 Å². The van der Waals surface area contributed by atoms with Crippen LogP contribution in [-0.2, 0) is 4.79 Å². The molecule has 150 valence electrons. The number of alkyl halides is 3. The van der Waals surface area contributed by atoms with Crippen LogP contribution in [0.4, 0.5) is 13.2 Å². The van der Waals surface area contributed by atoms with E-state index in [4.69, 9.17) is 0 Å². The fourth-order valence-electron chi connectivity index (χ4n) is 5.58. The van der Waals surface area contributed by atoms with E-state index in [1.807, 2.05) is 6.92 Å². The van der Waals surface area contributed by atoms with Gasteiger partial charge in [-0.2, -0.15) is 13.2 Å². The standard InChI is InChI=1S/C20H33F3N2O/c1-2-19(26)24-13-17-10-7-14-5-3-4-6-18(14)25(17)16-11-8-15(9-12-16)20(21,22)23/h14-18H,2-13H2,1H3,(H,24,26). The Hall–Kier alpha value is -0.780. The lowest BCUT2D eigenvalue weighted by atomic mass is 9.73. The molecule has 1 saturated heterocycles. The monoisotopic (exact) mass is 374 g/mol. The number of nitrogens with zero attached hydrogens (tertiary/aromatic N) is 1. The molecule has 0 spiro atoms. The number of fused-ring (bicyclic) bond motifs is 1. The number of piperidine rings is 1. The Morgan fingerprint density at radius 1 is 1.00 bits per heavy atom. The van der Waals surface area contributed by atoms with Crippen molar-refractivity contribution in [2.45, 2.75) is 102 Å². The molecule has 6 heteroatoms. The highest BCUT2D eigenvalue weighted by Gasteiger charge is 2.46. The van der Waals surface area contributed by atoms with Crippen molar-refractivity contribution >= 4 is 5.91 Å². The third kappa shape index (κ3) is 4.55. The smallest absolute Gasteiger partial charge is 0.355 e. The molecule has 2 saturated carbocycles. The summed E-state index contributed by atoms with van der Waals surface area (Å²) in [6, 6.07) is 1.05. The van der Waals surface area contributed by atoms with Gasteiger partial charge in [-0.15, -0.1) is 0 Å². The van der Waals surface area contributed by atoms with Crippen molar-refractivity contribution in [3.05, 3.63) is 0 Å². The lowest BCUT2D eigenvalue weighted by Crippen LogP contribution is -2.60. The van der Waals surface area contributed by atoms with Gasteiger partial charge in [0, 0.05) is 31.1 Å². The van der Waals surface area contributed by atoms with Crippen LogP contribution in [0, 0.1) is 11.8 Å². The summed E-state index contributed by atoms with van der Waals surface area (Å²) in [6.45, 7) is 2.50. The van der Waals surface area contributed by atoms with E-state index in [1.165, 1.54) is 32.1 Å². The average molecular weight is 374 g/mol. The van der Waals surface area contributed by atoms with Crippen LogP contribution >= 0.6 is 0 Å². The maximum atomic E-state index is 13.0. The van der Waals surface area contributed by atoms with Crippen LogP contribution in [0.1, 0.15) is 77.6 Å². The first-order valence-corrected chi connectivity index (χ1v) is 10.5. The van der Waals surface area contributed by atoms with Crippen LogP contribution in [-0.4, -0.2) is 41.7 Å². The zero-order chi connectivity index (χ0) is 18.7. The fourth-order valence-corrected chi connectivity index (χ4v) is 5.58. The maximum Gasteiger partial charge on any atom is 0.391 e. The van der Waals surface area contributed by atoms with Gasteiger partial charge in [-0.25, -0.2) is 0 Å². The zero-order valence-electron chi connectivity index (χ0n) is 15.9. The molecule has 3 fully saturated rings. The molecule has 3 unspecified atom stereocenters. The Kier molecular flexibility index (Phi) is 6.52. The summed E-state index contributed by atoms with van der Waals surface area (Å²) in [5.74, 6) is -0.359. The number of carbonyl (C=O) groups excluding carboxylic acids is 1. The lowest BCUT2D eigenvalue weighted by Gasteiger charge is -2.53. The first-order valence-electron chi connectivity index (χ1n) is 10.5. The number of hydrogen-bond donors (Lipinski definition) is 1. The van der Waals surface area contributed by atoms with Gasteiger partial charge in [0.15, 0.2) is 0 Å². The molecule has 0 aromatic carbocycles. The second-order valence-electron chi connectivity index (χ2n) is 8.49. The van der Waals surface area contributed by atoms with Crippen LogP contribution in [0.3, 0.4) is 0 Å². The minimum atomic E-state index is -4.05. The second kappa shape index (κ2) is 8.49. The second-order valence-corrected chi connectivity index (χ2v) is 8.49. The van der Waals surface area contributed by atoms with Crippen molar-refractivity contribution in [1.82, 2.24) is 10.2 Å². The van der Waals surface area contributed by atoms with Gasteiger partial charge in [-0.1, -0.05) is 19.8 Å². The minimum absolute atomic E-state index is 0.0662. The quantitative estimate of drug-likeness (QED) is 0.776. The van der Waals surface area contributed by atoms with E-state index >= 15 is 0 Å². The van der Waals surface area contributed by atoms with Gasteiger partial charge >= 0.3 is 6.18 Å². The van der Waals surface area contributed by atoms with Crippen molar-refractivity contribution in [2.24, 2.45) is 11.8 Å². The molecule has 1 heterocycles. The van der Waals surface area contributed by atoms with Crippen molar-refractivity contribution < 1.29 is 18.0 Å². The molecule has 0 bridgehead atoms. The molecule has 0 radical (unpaired) electrons. The normalized spacial score (nSPS) is 36.4. The largest absolute Gasteiger partial charge is 0.391 e. The zero-order valence-corrected chi connectivity index (χ0v) is 15.9. The first-order chi connectivity index (χ1) is 12.4. The highest BCUT2D eigenvalue weighted by Crippen LogP contribution is 2.44. The molecule has 1 aliphatic heterocycles. The van der Waals surface area contributed by atoms with Crippen LogP contribution in [0.25, 0.3) is 0 Å². The molecule has 0 aromatic heterocycles. The number of likely N-dealkylation sites (tertiary alicyclic amines) is 1. The third-order valence-electron chi connectivity index (χ3n) is 6.98. The molecule has 1 amide bonds. The average Bonchev–Trinajstić information content (AvgIpc) is 2.65. The molecule has 3 aliphatic rings. The van der Waals surface area contributed by atoms with Crippen molar-refractivity contribution in [2.75, 3.05) is 6.54 Å². The number of rotatable bonds is 4. The van der Waals surface area contributed by atoms with E-state index in [1.54, 1.807) is 0 Å². The topological polar surface area (TPSA) is 32.3 Å². The highest BCUT2D eigenvalue weighted by molar-refractivity contribution is 5.75. The SMILES string of the molecule is CCC(=O)NCC1CCC2CCCCC2N1C1CCC(C(F)(F)F)CC1. The van der Waals surface area contributed by atoms with Crippen LogP contribution < -0.4 is 5.32 Å². The summed E-state index contributed by atoms with van der Waals surface area (Å²) in [7, 11) is 0. The van der Waals surface area contributed by atoms with E-state index in [9.17, 15) is 18.0 Å². The molecule has 3 atom stereocenters. The van der Waals surface area contributed by atoms with E-state index in [-0.39, 0.29) is 30.8 Å². The Bertz CT molecular complexity index is 474. The number of hydrogen-bond acceptors (Lipinski definition) is 2. The molecule has 26 heavy (non-hydrogen) atoms. The Morgan fingerprint density at radius 3 is 2.35 bits per heavy atom. The van der Waals surface area contributed by atoms with Gasteiger partial charge in [0.2, 0.25) is 5.91 Å². The van der Waals surface area contributed by atoms with E-state index < -0.39 is 12.1 Å². The van der Waals surface area contributed by atoms with E-state index in [0.717, 1.165) is 6.42 Å². The van der Waals surface area contributed by atoms with Gasteiger partial charge in [0.05, 0.1) is 5.92 Å². The van der Waals surface area contributed by atoms with Crippen LogP contribution in [0.15, 0.2) is 0 Å². The van der Waals surface area contributed by atoms with Crippen molar-refractivity contribution in [3.8, 4) is 0 Å². The van der Waals surface area contributed by atoms with Gasteiger partial charge in [-0.05, 0) is 57.3 Å². The summed E-state index contributed by atoms with van der Waals surface area (Å²) >= 11 is 0. The van der Waals surface area contributed by atoms with Crippen molar-refractivity contribution in [3.63, 3.8) is 0 Å². The van der Waals surface area contributed by atoms with Gasteiger partial charge in [-0.3, -0.25) is 9.69 Å². The van der Waals surface area contributed by atoms with E-state index in [0.29, 0.717) is 37.8 Å². The Morgan fingerprint density at radius 2 is 1.69 bits per heavy atom. The minimum Gasteiger partial charge on any atom is -0.355 e. The fraction of sp³-hybridized carbons (Fsp3) is 0.950. The molecule has 0 aromatic rings. The number of amides is 1. The molecule has 3 nitrogen and oxygen atoms in total. The summed E-state index contributed by atoms with van der Waals surface area (Å²) in [5, 5.41) is 3.04. The van der Waals surface area contributed by atoms with Gasteiger partial charge in [0.1, 0.15) is 0 Å². The molecule has 1 N–H and O–H groups in total. The maximum absolute atomic E-state index is 13.0. The predicted molar refractivity (Wildman–Crippen MR) is 95.7 cm³/mol. The first kappa shape index (κ1) is 20.0. The predicted octanol–water partition coefficient (Wildman–Crippen LogP) is 4.66. The van der Waals surface area contributed by atoms with Gasteiger partial charge < -0.3 is 5.32 Å². The summed E-state index contributed by atoms with van der Waals surface area (Å²) in [4.78, 5) is 14.3. The van der Waals surface area contributed by atoms with Gasteiger partial charge in [0.25, 0.3) is 0 Å². The highest BCUT2D eigenvalue weighted by atomic mass is 19.4. The molecular weight excluding hydrogens is 341 g/mol. The van der Waals surface area contributed by atoms with Crippen LogP contribution in [0.2, 0.25) is 0 Å². The summed E-state index contributed by atoms with van der Waals surface area (Å²) in [6.07, 6.45) is 5.44. The number of nitrogens with one attached hydrogen (secondary N) is 1. The number of carbonyl (C=O) groups is 1. The summed E-state index contributed by atoms with van der Waals surface area (Å²) < 4.78 is 39.1. The summed E-state index contributed by atoms with van der Waals surface area (Å²) in [5.41, 5.74) is 0. The Labute approximate surface area is 155 Å². The number of halogens is 3. The molecule has 2 aliphatic carbocycles. The Balaban J connectivity index is 1.68. The van der Waals surface area contributed by atoms with Crippen LogP contribution in [0.5, 0.6) is 0 Å². The molecular formula is C20H33F3N2O. The van der Waals surface area contributed by atoms with E-state index in [2.05, 4.69) is 10.2 Å². The third-order valence-corrected chi connectivity index (χ3v) is 6.98. The molecule has 3 rings (SSSR count). The lowest BCUT2D eigenvalue weighted by molar-refractivity contribution is -0.186.